The van der Waals surface area contributed by atoms with E-state index in [4.69, 9.17) is 18.9 Å². The van der Waals surface area contributed by atoms with Gasteiger partial charge in [0.05, 0.1) is 52.4 Å². The molecule has 0 N–H and O–H groups in total. The standard InChI is InChI=1S/C12H24O4/c1-12(2,3)11-10-15-7-6-13-4-5-14-8-9-16-11/h11H,4-10H2,1-3H3. The molecule has 0 aromatic rings. The van der Waals surface area contributed by atoms with Crippen LogP contribution in [0.25, 0.3) is 0 Å². The monoisotopic (exact) mass is 232 g/mol. The van der Waals surface area contributed by atoms with Crippen LogP contribution in [0.1, 0.15) is 20.8 Å². The predicted molar refractivity (Wildman–Crippen MR) is 61.7 cm³/mol. The Bertz CT molecular complexity index is 164. The third-order valence-corrected chi connectivity index (χ3v) is 2.53. The van der Waals surface area contributed by atoms with E-state index in [2.05, 4.69) is 20.8 Å². The largest absolute Gasteiger partial charge is 0.377 e. The molecular weight excluding hydrogens is 208 g/mol. The zero-order chi connectivity index (χ0) is 11.9. The Balaban J connectivity index is 2.36. The van der Waals surface area contributed by atoms with Gasteiger partial charge in [0.2, 0.25) is 0 Å². The van der Waals surface area contributed by atoms with Gasteiger partial charge in [0, 0.05) is 0 Å². The lowest BCUT2D eigenvalue weighted by Gasteiger charge is -2.30. The van der Waals surface area contributed by atoms with Crippen LogP contribution >= 0.6 is 0 Å². The lowest BCUT2D eigenvalue weighted by molar-refractivity contribution is -0.0995. The van der Waals surface area contributed by atoms with E-state index in [0.29, 0.717) is 46.2 Å². The van der Waals surface area contributed by atoms with Crippen molar-refractivity contribution in [3.05, 3.63) is 0 Å². The Hall–Kier alpha value is -0.160. The van der Waals surface area contributed by atoms with E-state index in [1.165, 1.54) is 0 Å². The van der Waals surface area contributed by atoms with Crippen molar-refractivity contribution in [1.29, 1.82) is 0 Å². The van der Waals surface area contributed by atoms with Gasteiger partial charge in [-0.05, 0) is 5.41 Å². The van der Waals surface area contributed by atoms with Crippen LogP contribution in [0.15, 0.2) is 0 Å². The summed E-state index contributed by atoms with van der Waals surface area (Å²) in [6.07, 6.45) is 0.107. The highest BCUT2D eigenvalue weighted by molar-refractivity contribution is 4.74. The summed E-state index contributed by atoms with van der Waals surface area (Å²) < 4.78 is 22.1. The highest BCUT2D eigenvalue weighted by Gasteiger charge is 2.25. The molecule has 4 nitrogen and oxygen atoms in total. The van der Waals surface area contributed by atoms with Crippen LogP contribution in [0.2, 0.25) is 0 Å². The van der Waals surface area contributed by atoms with Gasteiger partial charge in [-0.2, -0.15) is 0 Å². The minimum atomic E-state index is 0.0883. The van der Waals surface area contributed by atoms with Crippen LogP contribution in [0.4, 0.5) is 0 Å². The smallest absolute Gasteiger partial charge is 0.0857 e. The Kier molecular flexibility index (Phi) is 6.28. The lowest BCUT2D eigenvalue weighted by atomic mass is 9.89. The van der Waals surface area contributed by atoms with Crippen molar-refractivity contribution in [2.75, 3.05) is 46.2 Å². The van der Waals surface area contributed by atoms with E-state index >= 15 is 0 Å². The van der Waals surface area contributed by atoms with Crippen LogP contribution in [-0.4, -0.2) is 52.4 Å². The Morgan fingerprint density at radius 2 is 1.25 bits per heavy atom. The number of rotatable bonds is 0. The fourth-order valence-corrected chi connectivity index (χ4v) is 1.43. The first-order valence-corrected chi connectivity index (χ1v) is 5.95. The van der Waals surface area contributed by atoms with E-state index in [0.717, 1.165) is 0 Å². The molecule has 0 radical (unpaired) electrons. The first-order valence-electron chi connectivity index (χ1n) is 5.95. The fourth-order valence-electron chi connectivity index (χ4n) is 1.43. The highest BCUT2D eigenvalue weighted by atomic mass is 16.6. The molecule has 4 heteroatoms. The number of hydrogen-bond acceptors (Lipinski definition) is 4. The second kappa shape index (κ2) is 7.22. The molecule has 0 aromatic carbocycles. The summed E-state index contributed by atoms with van der Waals surface area (Å²) in [6, 6.07) is 0. The van der Waals surface area contributed by atoms with Crippen LogP contribution < -0.4 is 0 Å². The minimum Gasteiger partial charge on any atom is -0.377 e. The van der Waals surface area contributed by atoms with Gasteiger partial charge < -0.3 is 18.9 Å². The highest BCUT2D eigenvalue weighted by Crippen LogP contribution is 2.22. The van der Waals surface area contributed by atoms with Crippen molar-refractivity contribution in [3.63, 3.8) is 0 Å². The third kappa shape index (κ3) is 5.80. The van der Waals surface area contributed by atoms with Gasteiger partial charge in [-0.1, -0.05) is 20.8 Å². The van der Waals surface area contributed by atoms with Crippen molar-refractivity contribution in [2.24, 2.45) is 5.41 Å². The number of hydrogen-bond donors (Lipinski definition) is 0. The number of ether oxygens (including phenoxy) is 4. The van der Waals surface area contributed by atoms with E-state index < -0.39 is 0 Å². The van der Waals surface area contributed by atoms with Crippen LogP contribution in [-0.2, 0) is 18.9 Å². The molecule has 1 atom stereocenters. The summed E-state index contributed by atoms with van der Waals surface area (Å²) in [6.45, 7) is 10.8. The zero-order valence-electron chi connectivity index (χ0n) is 10.7. The summed E-state index contributed by atoms with van der Waals surface area (Å²) in [5.41, 5.74) is 0.0883. The molecule has 96 valence electrons. The zero-order valence-corrected chi connectivity index (χ0v) is 10.7. The Morgan fingerprint density at radius 3 is 1.81 bits per heavy atom. The quantitative estimate of drug-likeness (QED) is 0.634. The molecule has 1 aliphatic heterocycles. The minimum absolute atomic E-state index is 0.0883. The Morgan fingerprint density at radius 1 is 0.750 bits per heavy atom. The first kappa shape index (κ1) is 13.9. The molecule has 1 saturated heterocycles. The first-order chi connectivity index (χ1) is 7.61. The van der Waals surface area contributed by atoms with Gasteiger partial charge >= 0.3 is 0 Å². The molecule has 16 heavy (non-hydrogen) atoms. The molecule has 0 aromatic heterocycles. The van der Waals surface area contributed by atoms with Gasteiger partial charge in [-0.25, -0.2) is 0 Å². The lowest BCUT2D eigenvalue weighted by Crippen LogP contribution is -2.35. The van der Waals surface area contributed by atoms with Crippen molar-refractivity contribution in [2.45, 2.75) is 26.9 Å². The van der Waals surface area contributed by atoms with Gasteiger partial charge in [0.1, 0.15) is 0 Å². The molecule has 1 aliphatic rings. The molecule has 0 spiro atoms. The Labute approximate surface area is 98.2 Å². The summed E-state index contributed by atoms with van der Waals surface area (Å²) in [5.74, 6) is 0. The molecule has 1 heterocycles. The van der Waals surface area contributed by atoms with Gasteiger partial charge in [0.25, 0.3) is 0 Å². The molecule has 0 saturated carbocycles. The summed E-state index contributed by atoms with van der Waals surface area (Å²) in [5, 5.41) is 0. The average Bonchev–Trinajstić information content (AvgIpc) is 2.16. The van der Waals surface area contributed by atoms with E-state index in [9.17, 15) is 0 Å². The van der Waals surface area contributed by atoms with Crippen molar-refractivity contribution in [3.8, 4) is 0 Å². The normalized spacial score (nSPS) is 26.8. The molecule has 1 fully saturated rings. The third-order valence-electron chi connectivity index (χ3n) is 2.53. The summed E-state index contributed by atoms with van der Waals surface area (Å²) in [7, 11) is 0. The molecule has 1 unspecified atom stereocenters. The van der Waals surface area contributed by atoms with Crippen LogP contribution in [0.5, 0.6) is 0 Å². The van der Waals surface area contributed by atoms with Crippen LogP contribution in [0, 0.1) is 5.41 Å². The molecule has 0 bridgehead atoms. The topological polar surface area (TPSA) is 36.9 Å². The predicted octanol–water partition coefficient (Wildman–Crippen LogP) is 1.48. The van der Waals surface area contributed by atoms with Gasteiger partial charge in [-0.15, -0.1) is 0 Å². The van der Waals surface area contributed by atoms with E-state index in [1.807, 2.05) is 0 Å². The second-order valence-electron chi connectivity index (χ2n) is 5.03. The van der Waals surface area contributed by atoms with Crippen LogP contribution in [0.3, 0.4) is 0 Å². The molecule has 0 aliphatic carbocycles. The van der Waals surface area contributed by atoms with E-state index in [-0.39, 0.29) is 11.5 Å². The summed E-state index contributed by atoms with van der Waals surface area (Å²) in [4.78, 5) is 0. The molecule has 0 amide bonds. The maximum absolute atomic E-state index is 5.79. The van der Waals surface area contributed by atoms with Crippen molar-refractivity contribution in [1.82, 2.24) is 0 Å². The maximum atomic E-state index is 5.79. The fraction of sp³-hybridized carbons (Fsp3) is 1.00. The maximum Gasteiger partial charge on any atom is 0.0857 e. The SMILES string of the molecule is CC(C)(C)C1COCCOCCOCCO1. The van der Waals surface area contributed by atoms with E-state index in [1.54, 1.807) is 0 Å². The molecular formula is C12H24O4. The van der Waals surface area contributed by atoms with Gasteiger partial charge in [0.15, 0.2) is 0 Å². The van der Waals surface area contributed by atoms with Crippen molar-refractivity contribution < 1.29 is 18.9 Å². The second-order valence-corrected chi connectivity index (χ2v) is 5.03. The summed E-state index contributed by atoms with van der Waals surface area (Å²) >= 11 is 0. The van der Waals surface area contributed by atoms with Gasteiger partial charge in [-0.3, -0.25) is 0 Å². The van der Waals surface area contributed by atoms with Crippen molar-refractivity contribution >= 4 is 0 Å². The molecule has 1 rings (SSSR count). The average molecular weight is 232 g/mol.